The molecule has 1 aromatic carbocycles. The summed E-state index contributed by atoms with van der Waals surface area (Å²) in [5.41, 5.74) is -0.745. The molecule has 0 aliphatic heterocycles. The van der Waals surface area contributed by atoms with Crippen molar-refractivity contribution in [1.82, 2.24) is 14.8 Å². The van der Waals surface area contributed by atoms with Crippen molar-refractivity contribution < 1.29 is 22.4 Å². The molecule has 3 rings (SSSR count). The van der Waals surface area contributed by atoms with Gasteiger partial charge in [-0.05, 0) is 46.3 Å². The fraction of sp³-hybridized carbons (Fsp3) is 0.188. The Morgan fingerprint density at radius 2 is 2.07 bits per heavy atom. The van der Waals surface area contributed by atoms with E-state index in [0.29, 0.717) is 21.4 Å². The fourth-order valence-electron chi connectivity index (χ4n) is 2.19. The molecule has 6 nitrogen and oxygen atoms in total. The maximum Gasteiger partial charge on any atom is 0.416 e. The van der Waals surface area contributed by atoms with E-state index in [2.05, 4.69) is 31.4 Å². The van der Waals surface area contributed by atoms with Gasteiger partial charge in [0, 0.05) is 12.7 Å². The second-order valence-corrected chi connectivity index (χ2v) is 7.11. The fourth-order valence-corrected chi connectivity index (χ4v) is 3.21. The van der Waals surface area contributed by atoms with E-state index < -0.39 is 17.6 Å². The van der Waals surface area contributed by atoms with Crippen LogP contribution in [0.2, 0.25) is 0 Å². The number of halogens is 4. The molecule has 0 aliphatic carbocycles. The molecule has 2 aromatic heterocycles. The van der Waals surface area contributed by atoms with Gasteiger partial charge in [0.05, 0.1) is 11.3 Å². The summed E-state index contributed by atoms with van der Waals surface area (Å²) in [4.78, 5) is 12.0. The number of benzene rings is 1. The highest BCUT2D eigenvalue weighted by Gasteiger charge is 2.30. The smallest absolute Gasteiger partial charge is 0.416 e. The standard InChI is InChI=1S/C16H12BrF3N4O2S/c1-24-14(11-5-6-12(17)26-11)22-23-15(24)27-8-13(25)21-10-4-2-3-9(7-10)16(18,19)20/h2-7H,8H2,1H3,(H,21,25). The number of nitrogens with one attached hydrogen (secondary N) is 1. The third kappa shape index (κ3) is 4.72. The van der Waals surface area contributed by atoms with E-state index in [-0.39, 0.29) is 11.4 Å². The largest absolute Gasteiger partial charge is 0.446 e. The number of alkyl halides is 3. The third-order valence-corrected chi connectivity index (χ3v) is 4.88. The molecule has 27 heavy (non-hydrogen) atoms. The Labute approximate surface area is 164 Å². The van der Waals surface area contributed by atoms with Crippen LogP contribution in [0, 0.1) is 0 Å². The Morgan fingerprint density at radius 3 is 2.74 bits per heavy atom. The normalized spacial score (nSPS) is 11.6. The topological polar surface area (TPSA) is 73.0 Å². The van der Waals surface area contributed by atoms with Crippen molar-refractivity contribution in [2.45, 2.75) is 11.3 Å². The molecule has 3 aromatic rings. The van der Waals surface area contributed by atoms with Crippen LogP contribution >= 0.6 is 27.7 Å². The van der Waals surface area contributed by atoms with Gasteiger partial charge < -0.3 is 14.3 Å². The maximum atomic E-state index is 12.7. The van der Waals surface area contributed by atoms with Crippen molar-refractivity contribution in [1.29, 1.82) is 0 Å². The van der Waals surface area contributed by atoms with Gasteiger partial charge >= 0.3 is 6.18 Å². The molecule has 0 atom stereocenters. The lowest BCUT2D eigenvalue weighted by Crippen LogP contribution is -2.15. The predicted octanol–water partition coefficient (Wildman–Crippen LogP) is 4.59. The lowest BCUT2D eigenvalue weighted by molar-refractivity contribution is -0.137. The summed E-state index contributed by atoms with van der Waals surface area (Å²) in [6.07, 6.45) is -4.47. The number of furan rings is 1. The number of rotatable bonds is 5. The van der Waals surface area contributed by atoms with Crippen LogP contribution in [0.3, 0.4) is 0 Å². The summed E-state index contributed by atoms with van der Waals surface area (Å²) in [6, 6.07) is 7.91. The number of aromatic nitrogens is 3. The van der Waals surface area contributed by atoms with Crippen LogP contribution in [0.15, 0.2) is 50.6 Å². The Bertz CT molecular complexity index is 971. The van der Waals surface area contributed by atoms with E-state index in [9.17, 15) is 18.0 Å². The molecular formula is C16H12BrF3N4O2S. The lowest BCUT2D eigenvalue weighted by atomic mass is 10.2. The number of amides is 1. The highest BCUT2D eigenvalue weighted by atomic mass is 79.9. The Balaban J connectivity index is 1.62. The zero-order valence-corrected chi connectivity index (χ0v) is 16.2. The second-order valence-electron chi connectivity index (χ2n) is 5.38. The monoisotopic (exact) mass is 460 g/mol. The number of anilines is 1. The summed E-state index contributed by atoms with van der Waals surface area (Å²) in [5, 5.41) is 10.9. The molecule has 0 spiro atoms. The van der Waals surface area contributed by atoms with E-state index in [1.807, 2.05) is 0 Å². The molecule has 1 amide bonds. The summed E-state index contributed by atoms with van der Waals surface area (Å²) in [5.74, 6) is 0.507. The van der Waals surface area contributed by atoms with E-state index >= 15 is 0 Å². The van der Waals surface area contributed by atoms with E-state index in [1.165, 1.54) is 12.1 Å². The number of carbonyl (C=O) groups is 1. The first-order valence-electron chi connectivity index (χ1n) is 7.49. The van der Waals surface area contributed by atoms with Crippen molar-refractivity contribution in [3.8, 4) is 11.6 Å². The van der Waals surface area contributed by atoms with Crippen LogP contribution in [0.5, 0.6) is 0 Å². The van der Waals surface area contributed by atoms with Crippen LogP contribution in [-0.2, 0) is 18.0 Å². The summed E-state index contributed by atoms with van der Waals surface area (Å²) in [6.45, 7) is 0. The zero-order valence-electron chi connectivity index (χ0n) is 13.7. The Morgan fingerprint density at radius 1 is 1.30 bits per heavy atom. The summed E-state index contributed by atoms with van der Waals surface area (Å²) >= 11 is 4.31. The number of nitrogens with zero attached hydrogens (tertiary/aromatic N) is 3. The van der Waals surface area contributed by atoms with Crippen LogP contribution in [-0.4, -0.2) is 26.4 Å². The first-order valence-corrected chi connectivity index (χ1v) is 9.27. The molecule has 0 aliphatic rings. The minimum absolute atomic E-state index is 0.0376. The number of hydrogen-bond donors (Lipinski definition) is 1. The molecular weight excluding hydrogens is 449 g/mol. The van der Waals surface area contributed by atoms with Crippen LogP contribution in [0.4, 0.5) is 18.9 Å². The van der Waals surface area contributed by atoms with Crippen LogP contribution in [0.1, 0.15) is 5.56 Å². The van der Waals surface area contributed by atoms with Gasteiger partial charge in [-0.15, -0.1) is 10.2 Å². The van der Waals surface area contributed by atoms with Gasteiger partial charge in [0.15, 0.2) is 21.4 Å². The second kappa shape index (κ2) is 7.77. The predicted molar refractivity (Wildman–Crippen MR) is 97.2 cm³/mol. The van der Waals surface area contributed by atoms with Crippen molar-refractivity contribution in [3.63, 3.8) is 0 Å². The minimum Gasteiger partial charge on any atom is -0.446 e. The molecule has 0 radical (unpaired) electrons. The third-order valence-electron chi connectivity index (χ3n) is 3.43. The van der Waals surface area contributed by atoms with Gasteiger partial charge in [0.1, 0.15) is 0 Å². The highest BCUT2D eigenvalue weighted by molar-refractivity contribution is 9.10. The quantitative estimate of drug-likeness (QED) is 0.563. The number of hydrogen-bond acceptors (Lipinski definition) is 5. The summed E-state index contributed by atoms with van der Waals surface area (Å²) < 4.78 is 45.8. The number of carbonyl (C=O) groups excluding carboxylic acids is 1. The average Bonchev–Trinajstić information content (AvgIpc) is 3.18. The molecule has 1 N–H and O–H groups in total. The van der Waals surface area contributed by atoms with Gasteiger partial charge in [-0.2, -0.15) is 13.2 Å². The molecule has 0 unspecified atom stereocenters. The zero-order chi connectivity index (χ0) is 19.6. The summed E-state index contributed by atoms with van der Waals surface area (Å²) in [7, 11) is 1.72. The Kier molecular flexibility index (Phi) is 5.61. The van der Waals surface area contributed by atoms with Gasteiger partial charge in [-0.25, -0.2) is 0 Å². The van der Waals surface area contributed by atoms with Gasteiger partial charge in [-0.3, -0.25) is 4.79 Å². The van der Waals surface area contributed by atoms with Crippen LogP contribution < -0.4 is 5.32 Å². The van der Waals surface area contributed by atoms with E-state index in [0.717, 1.165) is 23.9 Å². The van der Waals surface area contributed by atoms with Gasteiger partial charge in [0.2, 0.25) is 5.91 Å². The maximum absolute atomic E-state index is 12.7. The average molecular weight is 461 g/mol. The lowest BCUT2D eigenvalue weighted by Gasteiger charge is -2.09. The van der Waals surface area contributed by atoms with E-state index in [4.69, 9.17) is 4.42 Å². The molecule has 11 heteroatoms. The molecule has 142 valence electrons. The Hall–Kier alpha value is -2.27. The molecule has 0 saturated carbocycles. The molecule has 2 heterocycles. The van der Waals surface area contributed by atoms with Crippen molar-refractivity contribution in [3.05, 3.63) is 46.6 Å². The highest BCUT2D eigenvalue weighted by Crippen LogP contribution is 2.31. The van der Waals surface area contributed by atoms with Gasteiger partial charge in [0.25, 0.3) is 0 Å². The first-order chi connectivity index (χ1) is 12.7. The van der Waals surface area contributed by atoms with Crippen molar-refractivity contribution in [2.24, 2.45) is 7.05 Å². The first kappa shape index (κ1) is 19.5. The molecule has 0 fully saturated rings. The minimum atomic E-state index is -4.47. The SMILES string of the molecule is Cn1c(SCC(=O)Nc2cccc(C(F)(F)F)c2)nnc1-c1ccc(Br)o1. The number of thioether (sulfide) groups is 1. The molecule has 0 saturated heterocycles. The van der Waals surface area contributed by atoms with Crippen LogP contribution in [0.25, 0.3) is 11.6 Å². The van der Waals surface area contributed by atoms with Crippen molar-refractivity contribution in [2.75, 3.05) is 11.1 Å². The van der Waals surface area contributed by atoms with Gasteiger partial charge in [-0.1, -0.05) is 17.8 Å². The van der Waals surface area contributed by atoms with E-state index in [1.54, 1.807) is 23.7 Å². The van der Waals surface area contributed by atoms with Crippen molar-refractivity contribution >= 4 is 39.3 Å². The molecule has 0 bridgehead atoms.